The number of fused-ring (bicyclic) bond motifs is 1. The molecule has 1 saturated heterocycles. The van der Waals surface area contributed by atoms with Gasteiger partial charge < -0.3 is 33.9 Å². The molecule has 0 aliphatic carbocycles. The minimum Gasteiger partial charge on any atom is -0.493 e. The van der Waals surface area contributed by atoms with Crippen molar-refractivity contribution in [2.75, 3.05) is 57.7 Å². The zero-order chi connectivity index (χ0) is 22.0. The Hall–Kier alpha value is -3.62. The maximum atomic E-state index is 12.8. The molecule has 1 fully saturated rings. The number of urea groups is 1. The van der Waals surface area contributed by atoms with Crippen molar-refractivity contribution < 1.29 is 19.0 Å². The fourth-order valence-corrected chi connectivity index (χ4v) is 3.88. The molecule has 0 bridgehead atoms. The monoisotopic (exact) mass is 425 g/mol. The molecule has 0 radical (unpaired) electrons. The van der Waals surface area contributed by atoms with Crippen molar-refractivity contribution in [1.82, 2.24) is 14.5 Å². The van der Waals surface area contributed by atoms with Crippen LogP contribution in [0.25, 0.3) is 11.0 Å². The molecule has 0 spiro atoms. The first-order valence-corrected chi connectivity index (χ1v) is 10.1. The van der Waals surface area contributed by atoms with Gasteiger partial charge in [0.2, 0.25) is 11.7 Å². The third-order valence-electron chi connectivity index (χ3n) is 5.53. The number of anilines is 2. The number of benzene rings is 2. The zero-order valence-corrected chi connectivity index (χ0v) is 18.2. The van der Waals surface area contributed by atoms with E-state index >= 15 is 0 Å². The van der Waals surface area contributed by atoms with Gasteiger partial charge in [0.05, 0.1) is 38.1 Å². The Kier molecular flexibility index (Phi) is 5.75. The number of carbonyl (C=O) groups is 1. The predicted molar refractivity (Wildman–Crippen MR) is 120 cm³/mol. The Morgan fingerprint density at radius 1 is 0.968 bits per heavy atom. The minimum absolute atomic E-state index is 0.168. The number of hydrogen-bond acceptors (Lipinski definition) is 6. The van der Waals surface area contributed by atoms with Crippen molar-refractivity contribution in [2.24, 2.45) is 7.05 Å². The number of amides is 2. The normalized spacial score (nSPS) is 13.9. The Labute approximate surface area is 181 Å². The van der Waals surface area contributed by atoms with E-state index in [9.17, 15) is 4.79 Å². The summed E-state index contributed by atoms with van der Waals surface area (Å²) in [5, 5.41) is 2.93. The van der Waals surface area contributed by atoms with Crippen molar-refractivity contribution in [3.63, 3.8) is 0 Å². The van der Waals surface area contributed by atoms with Crippen LogP contribution in [0.4, 0.5) is 16.4 Å². The van der Waals surface area contributed by atoms with Crippen molar-refractivity contribution in [1.29, 1.82) is 0 Å². The largest absolute Gasteiger partial charge is 0.493 e. The van der Waals surface area contributed by atoms with Gasteiger partial charge >= 0.3 is 6.03 Å². The zero-order valence-electron chi connectivity index (χ0n) is 18.2. The van der Waals surface area contributed by atoms with Crippen molar-refractivity contribution in [3.05, 3.63) is 36.4 Å². The van der Waals surface area contributed by atoms with Crippen LogP contribution in [0.5, 0.6) is 17.2 Å². The minimum atomic E-state index is -0.168. The van der Waals surface area contributed by atoms with Gasteiger partial charge in [-0.25, -0.2) is 9.78 Å². The highest BCUT2D eigenvalue weighted by atomic mass is 16.5. The summed E-state index contributed by atoms with van der Waals surface area (Å²) in [5.41, 5.74) is 2.65. The molecule has 164 valence electrons. The number of aromatic nitrogens is 2. The molecule has 9 heteroatoms. The van der Waals surface area contributed by atoms with Crippen LogP contribution < -0.4 is 24.4 Å². The number of hydrogen-bond donors (Lipinski definition) is 1. The maximum absolute atomic E-state index is 12.8. The SMILES string of the molecule is COc1cc(NC(=O)N2CCN(c3nc4ccccc4n3C)CC2)cc(OC)c1OC. The van der Waals surface area contributed by atoms with Gasteiger partial charge in [-0.15, -0.1) is 0 Å². The number of methoxy groups -OCH3 is 3. The van der Waals surface area contributed by atoms with E-state index in [-0.39, 0.29) is 6.03 Å². The summed E-state index contributed by atoms with van der Waals surface area (Å²) >= 11 is 0. The summed E-state index contributed by atoms with van der Waals surface area (Å²) in [7, 11) is 6.66. The smallest absolute Gasteiger partial charge is 0.321 e. The molecule has 3 aromatic rings. The van der Waals surface area contributed by atoms with Crippen molar-refractivity contribution >= 4 is 28.7 Å². The Morgan fingerprint density at radius 2 is 1.61 bits per heavy atom. The number of nitrogens with one attached hydrogen (secondary N) is 1. The van der Waals surface area contributed by atoms with Crippen LogP contribution in [0.3, 0.4) is 0 Å². The maximum Gasteiger partial charge on any atom is 0.321 e. The van der Waals surface area contributed by atoms with Gasteiger partial charge in [-0.1, -0.05) is 12.1 Å². The molecular weight excluding hydrogens is 398 g/mol. The first-order chi connectivity index (χ1) is 15.0. The fraction of sp³-hybridized carbons (Fsp3) is 0.364. The predicted octanol–water partition coefficient (Wildman–Crippen LogP) is 2.95. The first kappa shape index (κ1) is 20.6. The lowest BCUT2D eigenvalue weighted by Crippen LogP contribution is -2.50. The highest BCUT2D eigenvalue weighted by Crippen LogP contribution is 2.40. The van der Waals surface area contributed by atoms with E-state index in [1.165, 1.54) is 0 Å². The number of piperazine rings is 1. The molecule has 31 heavy (non-hydrogen) atoms. The van der Waals surface area contributed by atoms with Crippen molar-refractivity contribution in [2.45, 2.75) is 0 Å². The Morgan fingerprint density at radius 3 is 2.19 bits per heavy atom. The topological polar surface area (TPSA) is 81.1 Å². The van der Waals surface area contributed by atoms with E-state index in [0.717, 1.165) is 17.0 Å². The third kappa shape index (κ3) is 3.90. The van der Waals surface area contributed by atoms with Gasteiger partial charge in [0.25, 0.3) is 0 Å². The summed E-state index contributed by atoms with van der Waals surface area (Å²) in [6.07, 6.45) is 0. The van der Waals surface area contributed by atoms with Gasteiger partial charge in [0.1, 0.15) is 0 Å². The van der Waals surface area contributed by atoms with E-state index in [2.05, 4.69) is 20.9 Å². The molecule has 1 aliphatic rings. The number of carbonyl (C=O) groups excluding carboxylic acids is 1. The Balaban J connectivity index is 1.43. The number of aryl methyl sites for hydroxylation is 1. The summed E-state index contributed by atoms with van der Waals surface area (Å²) in [6.45, 7) is 2.61. The Bertz CT molecular complexity index is 1060. The lowest BCUT2D eigenvalue weighted by Gasteiger charge is -2.35. The molecular formula is C22H27N5O4. The van der Waals surface area contributed by atoms with Crippen LogP contribution in [0.2, 0.25) is 0 Å². The lowest BCUT2D eigenvalue weighted by atomic mass is 10.2. The lowest BCUT2D eigenvalue weighted by molar-refractivity contribution is 0.208. The fourth-order valence-electron chi connectivity index (χ4n) is 3.88. The molecule has 0 saturated carbocycles. The molecule has 2 aromatic carbocycles. The average molecular weight is 425 g/mol. The average Bonchev–Trinajstić information content (AvgIpc) is 3.15. The quantitative estimate of drug-likeness (QED) is 0.677. The number of imidazole rings is 1. The molecule has 0 unspecified atom stereocenters. The number of nitrogens with zero attached hydrogens (tertiary/aromatic N) is 4. The standard InChI is InChI=1S/C22H27N5O4/c1-25-17-8-6-5-7-16(17)24-21(25)26-9-11-27(12-10-26)22(28)23-15-13-18(29-2)20(31-4)19(14-15)30-3/h5-8,13-14H,9-12H2,1-4H3,(H,23,28). The van der Waals surface area contributed by atoms with Gasteiger partial charge in [-0.3, -0.25) is 0 Å². The second-order valence-corrected chi connectivity index (χ2v) is 7.28. The van der Waals surface area contributed by atoms with E-state index < -0.39 is 0 Å². The van der Waals surface area contributed by atoms with Gasteiger partial charge in [0, 0.05) is 45.4 Å². The van der Waals surface area contributed by atoms with E-state index in [1.807, 2.05) is 25.2 Å². The highest BCUT2D eigenvalue weighted by Gasteiger charge is 2.25. The summed E-state index contributed by atoms with van der Waals surface area (Å²) in [5.74, 6) is 2.39. The summed E-state index contributed by atoms with van der Waals surface area (Å²) in [6, 6.07) is 11.3. The second kappa shape index (κ2) is 8.63. The van der Waals surface area contributed by atoms with E-state index in [1.54, 1.807) is 38.4 Å². The molecule has 2 heterocycles. The van der Waals surface area contributed by atoms with Crippen LogP contribution in [0.15, 0.2) is 36.4 Å². The molecule has 9 nitrogen and oxygen atoms in total. The van der Waals surface area contributed by atoms with E-state index in [4.69, 9.17) is 19.2 Å². The van der Waals surface area contributed by atoms with Gasteiger partial charge in [-0.2, -0.15) is 0 Å². The highest BCUT2D eigenvalue weighted by molar-refractivity contribution is 5.90. The second-order valence-electron chi connectivity index (χ2n) is 7.28. The van der Waals surface area contributed by atoms with Crippen LogP contribution in [0.1, 0.15) is 0 Å². The van der Waals surface area contributed by atoms with Crippen LogP contribution in [0, 0.1) is 0 Å². The van der Waals surface area contributed by atoms with Crippen LogP contribution in [-0.4, -0.2) is 68.0 Å². The van der Waals surface area contributed by atoms with Crippen LogP contribution in [-0.2, 0) is 7.05 Å². The number of rotatable bonds is 5. The summed E-state index contributed by atoms with van der Waals surface area (Å²) < 4.78 is 18.2. The molecule has 0 atom stereocenters. The van der Waals surface area contributed by atoms with Crippen molar-refractivity contribution in [3.8, 4) is 17.2 Å². The third-order valence-corrected chi connectivity index (χ3v) is 5.53. The summed E-state index contributed by atoms with van der Waals surface area (Å²) in [4.78, 5) is 21.6. The van der Waals surface area contributed by atoms with Crippen LogP contribution >= 0.6 is 0 Å². The van der Waals surface area contributed by atoms with E-state index in [0.29, 0.717) is 49.1 Å². The number of ether oxygens (including phenoxy) is 3. The molecule has 1 N–H and O–H groups in total. The van der Waals surface area contributed by atoms with Gasteiger partial charge in [0.15, 0.2) is 11.5 Å². The molecule has 2 amide bonds. The molecule has 4 rings (SSSR count). The first-order valence-electron chi connectivity index (χ1n) is 10.1. The van der Waals surface area contributed by atoms with Gasteiger partial charge in [-0.05, 0) is 12.1 Å². The molecule has 1 aliphatic heterocycles. The molecule has 1 aromatic heterocycles. The number of para-hydroxylation sites is 2.